The molecule has 2 aromatic rings. The number of hydrogen-bond acceptors (Lipinski definition) is 6. The number of hydrogen-bond donors (Lipinski definition) is 2. The summed E-state index contributed by atoms with van der Waals surface area (Å²) in [6.07, 6.45) is 0. The molecular weight excluding hydrogens is 460 g/mol. The Bertz CT molecular complexity index is 1150. The van der Waals surface area contributed by atoms with E-state index in [1.165, 1.54) is 48.5 Å². The van der Waals surface area contributed by atoms with E-state index in [0.717, 1.165) is 0 Å². The van der Waals surface area contributed by atoms with Gasteiger partial charge < -0.3 is 0 Å². The summed E-state index contributed by atoms with van der Waals surface area (Å²) in [4.78, 5) is -0.330. The zero-order valence-corrected chi connectivity index (χ0v) is 20.7. The molecule has 0 bridgehead atoms. The zero-order valence-electron chi connectivity index (χ0n) is 18.3. The van der Waals surface area contributed by atoms with Crippen LogP contribution < -0.4 is 9.44 Å². The summed E-state index contributed by atoms with van der Waals surface area (Å²) in [7, 11) is -11.6. The molecule has 0 saturated carbocycles. The van der Waals surface area contributed by atoms with Gasteiger partial charge in [-0.05, 0) is 90.1 Å². The maximum atomic E-state index is 12.9. The molecule has 0 radical (unpaired) electrons. The van der Waals surface area contributed by atoms with Gasteiger partial charge >= 0.3 is 0 Å². The van der Waals surface area contributed by atoms with Gasteiger partial charge in [-0.15, -0.1) is 0 Å². The van der Waals surface area contributed by atoms with Crippen LogP contribution in [-0.4, -0.2) is 36.3 Å². The van der Waals surface area contributed by atoms with Crippen LogP contribution in [0.3, 0.4) is 0 Å². The van der Waals surface area contributed by atoms with Crippen LogP contribution in [0.1, 0.15) is 41.5 Å². The third kappa shape index (κ3) is 6.59. The van der Waals surface area contributed by atoms with Crippen LogP contribution in [0, 0.1) is 0 Å². The molecule has 31 heavy (non-hydrogen) atoms. The lowest BCUT2D eigenvalue weighted by atomic mass is 10.1. The molecule has 0 unspecified atom stereocenters. The Labute approximate surface area is 185 Å². The Kier molecular flexibility index (Phi) is 6.81. The molecule has 11 heteroatoms. The van der Waals surface area contributed by atoms with Crippen LogP contribution >= 0.6 is 0 Å². The molecule has 0 heterocycles. The van der Waals surface area contributed by atoms with E-state index in [1.54, 1.807) is 41.5 Å². The third-order valence-corrected chi connectivity index (χ3v) is 9.10. The second kappa shape index (κ2) is 8.28. The van der Waals surface area contributed by atoms with E-state index < -0.39 is 41.0 Å². The van der Waals surface area contributed by atoms with Gasteiger partial charge in [-0.1, -0.05) is 0 Å². The van der Waals surface area contributed by atoms with Crippen LogP contribution in [0.15, 0.2) is 68.1 Å². The summed E-state index contributed by atoms with van der Waals surface area (Å²) >= 11 is 0. The predicted molar refractivity (Wildman–Crippen MR) is 118 cm³/mol. The molecular formula is C20H28N2O6S3. The smallest absolute Gasteiger partial charge is 0.219 e. The topological polar surface area (TPSA) is 126 Å². The normalized spacial score (nSPS) is 13.9. The lowest BCUT2D eigenvalue weighted by Gasteiger charge is -2.20. The summed E-state index contributed by atoms with van der Waals surface area (Å²) in [5.41, 5.74) is -1.37. The van der Waals surface area contributed by atoms with Gasteiger partial charge in [0.15, 0.2) is 0 Å². The minimum atomic E-state index is -3.96. The molecule has 0 spiro atoms. The van der Waals surface area contributed by atoms with E-state index in [4.69, 9.17) is 0 Å². The lowest BCUT2D eigenvalue weighted by molar-refractivity contribution is 0.490. The van der Waals surface area contributed by atoms with Crippen molar-refractivity contribution in [1.29, 1.82) is 0 Å². The van der Waals surface area contributed by atoms with E-state index in [9.17, 15) is 25.3 Å². The molecule has 0 atom stereocenters. The fourth-order valence-electron chi connectivity index (χ4n) is 2.66. The predicted octanol–water partition coefficient (Wildman–Crippen LogP) is 2.67. The van der Waals surface area contributed by atoms with E-state index >= 15 is 0 Å². The number of rotatable bonds is 6. The van der Waals surface area contributed by atoms with E-state index in [1.807, 2.05) is 0 Å². The summed E-state index contributed by atoms with van der Waals surface area (Å²) in [5, 5.41) is 0. The lowest BCUT2D eigenvalue weighted by Crippen LogP contribution is -2.40. The maximum absolute atomic E-state index is 12.9. The van der Waals surface area contributed by atoms with Crippen LogP contribution in [0.2, 0.25) is 0 Å². The Morgan fingerprint density at radius 1 is 0.484 bits per heavy atom. The van der Waals surface area contributed by atoms with Crippen LogP contribution in [0.25, 0.3) is 0 Å². The average molecular weight is 489 g/mol. The number of sulfone groups is 1. The van der Waals surface area contributed by atoms with Crippen molar-refractivity contribution in [2.24, 2.45) is 0 Å². The first-order valence-electron chi connectivity index (χ1n) is 9.37. The van der Waals surface area contributed by atoms with Gasteiger partial charge in [-0.2, -0.15) is 0 Å². The largest absolute Gasteiger partial charge is 0.241 e. The number of sulfonamides is 2. The van der Waals surface area contributed by atoms with Gasteiger partial charge in [-0.3, -0.25) is 0 Å². The van der Waals surface area contributed by atoms with Gasteiger partial charge in [0.1, 0.15) is 0 Å². The highest BCUT2D eigenvalue weighted by molar-refractivity contribution is 7.91. The Morgan fingerprint density at radius 2 is 0.710 bits per heavy atom. The van der Waals surface area contributed by atoms with Crippen LogP contribution in [0.5, 0.6) is 0 Å². The van der Waals surface area contributed by atoms with Crippen molar-refractivity contribution >= 4 is 29.9 Å². The van der Waals surface area contributed by atoms with Crippen molar-refractivity contribution in [2.45, 2.75) is 72.2 Å². The van der Waals surface area contributed by atoms with Gasteiger partial charge in [0.2, 0.25) is 29.9 Å². The standard InChI is InChI=1S/C20H28N2O6S3/c1-19(2,3)21-30(25,26)17-11-7-15(8-12-17)29(23,24)16-9-13-18(14-10-16)31(27,28)22-20(4,5)6/h7-14,21-22H,1-6H3. The van der Waals surface area contributed by atoms with Crippen molar-refractivity contribution < 1.29 is 25.3 Å². The molecule has 0 aliphatic carbocycles. The third-order valence-electron chi connectivity index (χ3n) is 3.77. The number of benzene rings is 2. The summed E-state index contributed by atoms with van der Waals surface area (Å²) in [6.45, 7) is 10.2. The SMILES string of the molecule is CC(C)(C)NS(=O)(=O)c1ccc(S(=O)(=O)c2ccc(S(=O)(=O)NC(C)(C)C)cc2)cc1. The quantitative estimate of drug-likeness (QED) is 0.644. The summed E-state index contributed by atoms with van der Waals surface area (Å²) < 4.78 is 80.3. The molecule has 8 nitrogen and oxygen atoms in total. The molecule has 2 aromatic carbocycles. The Hall–Kier alpha value is -1.79. The fourth-order valence-corrected chi connectivity index (χ4v) is 6.75. The summed E-state index contributed by atoms with van der Waals surface area (Å²) in [6, 6.07) is 9.69. The van der Waals surface area contributed by atoms with E-state index in [0.29, 0.717) is 0 Å². The molecule has 0 aliphatic heterocycles. The minimum Gasteiger partial charge on any atom is -0.219 e. The van der Waals surface area contributed by atoms with Crippen LogP contribution in [-0.2, 0) is 29.9 Å². The molecule has 0 saturated heterocycles. The molecule has 172 valence electrons. The first kappa shape index (κ1) is 25.5. The van der Waals surface area contributed by atoms with E-state index in [-0.39, 0.29) is 19.6 Å². The van der Waals surface area contributed by atoms with Gasteiger partial charge in [0, 0.05) is 11.1 Å². The van der Waals surface area contributed by atoms with Crippen molar-refractivity contribution in [2.75, 3.05) is 0 Å². The first-order chi connectivity index (χ1) is 13.8. The summed E-state index contributed by atoms with van der Waals surface area (Å²) in [5.74, 6) is 0. The average Bonchev–Trinajstić information content (AvgIpc) is 2.58. The maximum Gasteiger partial charge on any atom is 0.241 e. The molecule has 0 amide bonds. The second-order valence-electron chi connectivity index (χ2n) is 9.16. The number of nitrogens with one attached hydrogen (secondary N) is 2. The second-order valence-corrected chi connectivity index (χ2v) is 14.5. The monoisotopic (exact) mass is 488 g/mol. The minimum absolute atomic E-state index is 0.0592. The Morgan fingerprint density at radius 3 is 0.935 bits per heavy atom. The highest BCUT2D eigenvalue weighted by Crippen LogP contribution is 2.24. The first-order valence-corrected chi connectivity index (χ1v) is 13.8. The van der Waals surface area contributed by atoms with Crippen molar-refractivity contribution in [3.05, 3.63) is 48.5 Å². The Balaban J connectivity index is 2.34. The van der Waals surface area contributed by atoms with Gasteiger partial charge in [0.05, 0.1) is 19.6 Å². The van der Waals surface area contributed by atoms with Crippen LogP contribution in [0.4, 0.5) is 0 Å². The van der Waals surface area contributed by atoms with Gasteiger partial charge in [-0.25, -0.2) is 34.7 Å². The van der Waals surface area contributed by atoms with Crippen molar-refractivity contribution in [3.8, 4) is 0 Å². The van der Waals surface area contributed by atoms with Crippen molar-refractivity contribution in [1.82, 2.24) is 9.44 Å². The molecule has 2 rings (SSSR count). The molecule has 2 N–H and O–H groups in total. The molecule has 0 fully saturated rings. The van der Waals surface area contributed by atoms with Crippen molar-refractivity contribution in [3.63, 3.8) is 0 Å². The molecule has 0 aliphatic rings. The van der Waals surface area contributed by atoms with Gasteiger partial charge in [0.25, 0.3) is 0 Å². The zero-order chi connectivity index (χ0) is 23.9. The van der Waals surface area contributed by atoms with E-state index in [2.05, 4.69) is 9.44 Å². The highest BCUT2D eigenvalue weighted by Gasteiger charge is 2.25. The molecule has 0 aromatic heterocycles. The fraction of sp³-hybridized carbons (Fsp3) is 0.400. The highest BCUT2D eigenvalue weighted by atomic mass is 32.2.